The fraction of sp³-hybridized carbons (Fsp3) is 0.636. The van der Waals surface area contributed by atoms with E-state index in [9.17, 15) is 4.79 Å². The molecule has 1 aromatic rings. The summed E-state index contributed by atoms with van der Waals surface area (Å²) in [7, 11) is 0. The van der Waals surface area contributed by atoms with Gasteiger partial charge in [-0.3, -0.25) is 9.48 Å². The molecule has 0 atom stereocenters. The minimum Gasteiger partial charge on any atom is -0.481 e. The molecule has 84 valence electrons. The van der Waals surface area contributed by atoms with Crippen LogP contribution < -0.4 is 0 Å². The average Bonchev–Trinajstić information content (AvgIpc) is 2.48. The fourth-order valence-electron chi connectivity index (χ4n) is 1.69. The van der Waals surface area contributed by atoms with E-state index in [-0.39, 0.29) is 12.5 Å². The normalized spacial score (nSPS) is 10.9. The molecule has 0 saturated carbocycles. The molecule has 0 radical (unpaired) electrons. The van der Waals surface area contributed by atoms with Crippen molar-refractivity contribution in [2.24, 2.45) is 0 Å². The second-order valence-electron chi connectivity index (χ2n) is 3.98. The van der Waals surface area contributed by atoms with Crippen molar-refractivity contribution in [2.45, 2.75) is 46.1 Å². The first-order valence-corrected chi connectivity index (χ1v) is 5.33. The number of aromatic nitrogens is 2. The molecule has 0 spiro atoms. The van der Waals surface area contributed by atoms with Gasteiger partial charge in [0.2, 0.25) is 0 Å². The summed E-state index contributed by atoms with van der Waals surface area (Å²) in [5, 5.41) is 13.0. The zero-order valence-corrected chi connectivity index (χ0v) is 9.53. The molecule has 1 rings (SSSR count). The zero-order chi connectivity index (χ0) is 11.4. The smallest absolute Gasteiger partial charge is 0.307 e. The highest BCUT2D eigenvalue weighted by molar-refractivity contribution is 5.70. The maximum Gasteiger partial charge on any atom is 0.307 e. The minimum absolute atomic E-state index is 0.0715. The average molecular weight is 210 g/mol. The second kappa shape index (κ2) is 4.96. The Kier molecular flexibility index (Phi) is 3.88. The largest absolute Gasteiger partial charge is 0.481 e. The van der Waals surface area contributed by atoms with Crippen LogP contribution in [-0.2, 0) is 17.6 Å². The SMILES string of the molecule is CCCc1c(CC(=O)O)cnn1C(C)C. The lowest BCUT2D eigenvalue weighted by molar-refractivity contribution is -0.136. The van der Waals surface area contributed by atoms with E-state index in [4.69, 9.17) is 5.11 Å². The van der Waals surface area contributed by atoms with Gasteiger partial charge in [-0.05, 0) is 20.3 Å². The lowest BCUT2D eigenvalue weighted by Gasteiger charge is -2.11. The third kappa shape index (κ3) is 2.81. The number of carboxylic acids is 1. The molecule has 1 N–H and O–H groups in total. The molecule has 0 amide bonds. The van der Waals surface area contributed by atoms with Gasteiger partial charge in [-0.1, -0.05) is 13.3 Å². The Bertz CT molecular complexity index is 342. The standard InChI is InChI=1S/C11H18N2O2/c1-4-5-10-9(6-11(14)15)7-12-13(10)8(2)3/h7-8H,4-6H2,1-3H3,(H,14,15). The summed E-state index contributed by atoms with van der Waals surface area (Å²) in [5.74, 6) is -0.796. The van der Waals surface area contributed by atoms with Crippen LogP contribution in [0.4, 0.5) is 0 Å². The predicted molar refractivity (Wildman–Crippen MR) is 57.9 cm³/mol. The van der Waals surface area contributed by atoms with Gasteiger partial charge in [-0.15, -0.1) is 0 Å². The van der Waals surface area contributed by atoms with Crippen LogP contribution in [0.3, 0.4) is 0 Å². The Morgan fingerprint density at radius 2 is 2.27 bits per heavy atom. The molecule has 0 unspecified atom stereocenters. The Balaban J connectivity index is 3.00. The van der Waals surface area contributed by atoms with Gasteiger partial charge in [0.05, 0.1) is 12.6 Å². The van der Waals surface area contributed by atoms with Crippen LogP contribution in [0.1, 0.15) is 44.5 Å². The van der Waals surface area contributed by atoms with Gasteiger partial charge in [0.15, 0.2) is 0 Å². The van der Waals surface area contributed by atoms with Gasteiger partial charge in [0.1, 0.15) is 0 Å². The predicted octanol–water partition coefficient (Wildman–Crippen LogP) is 2.04. The van der Waals surface area contributed by atoms with Crippen molar-refractivity contribution in [3.63, 3.8) is 0 Å². The minimum atomic E-state index is -0.796. The van der Waals surface area contributed by atoms with E-state index < -0.39 is 5.97 Å². The summed E-state index contributed by atoms with van der Waals surface area (Å²) in [6.07, 6.45) is 3.65. The fourth-order valence-corrected chi connectivity index (χ4v) is 1.69. The molecule has 15 heavy (non-hydrogen) atoms. The summed E-state index contributed by atoms with van der Waals surface area (Å²) in [6, 6.07) is 0.286. The molecule has 0 aromatic carbocycles. The van der Waals surface area contributed by atoms with Crippen LogP contribution in [-0.4, -0.2) is 20.9 Å². The monoisotopic (exact) mass is 210 g/mol. The van der Waals surface area contributed by atoms with E-state index in [0.717, 1.165) is 24.1 Å². The van der Waals surface area contributed by atoms with Gasteiger partial charge in [-0.2, -0.15) is 5.10 Å². The van der Waals surface area contributed by atoms with Crippen LogP contribution in [0.5, 0.6) is 0 Å². The Hall–Kier alpha value is -1.32. The number of rotatable bonds is 5. The van der Waals surface area contributed by atoms with Gasteiger partial charge < -0.3 is 5.11 Å². The van der Waals surface area contributed by atoms with Crippen molar-refractivity contribution in [3.05, 3.63) is 17.5 Å². The van der Waals surface area contributed by atoms with E-state index in [1.807, 2.05) is 4.68 Å². The number of hydrogen-bond donors (Lipinski definition) is 1. The van der Waals surface area contributed by atoms with Crippen molar-refractivity contribution >= 4 is 5.97 Å². The first kappa shape index (κ1) is 11.8. The lowest BCUT2D eigenvalue weighted by Crippen LogP contribution is -2.10. The van der Waals surface area contributed by atoms with E-state index in [0.29, 0.717) is 0 Å². The Morgan fingerprint density at radius 1 is 1.60 bits per heavy atom. The first-order valence-electron chi connectivity index (χ1n) is 5.33. The summed E-state index contributed by atoms with van der Waals surface area (Å²) < 4.78 is 1.92. The highest BCUT2D eigenvalue weighted by Crippen LogP contribution is 2.16. The molecule has 0 saturated heterocycles. The van der Waals surface area contributed by atoms with Crippen LogP contribution in [0.15, 0.2) is 6.20 Å². The van der Waals surface area contributed by atoms with Gasteiger partial charge in [-0.25, -0.2) is 0 Å². The lowest BCUT2D eigenvalue weighted by atomic mass is 10.1. The highest BCUT2D eigenvalue weighted by atomic mass is 16.4. The maximum atomic E-state index is 10.7. The summed E-state index contributed by atoms with van der Waals surface area (Å²) >= 11 is 0. The van der Waals surface area contributed by atoms with Crippen LogP contribution in [0.25, 0.3) is 0 Å². The molecule has 0 fully saturated rings. The molecule has 0 aliphatic rings. The van der Waals surface area contributed by atoms with E-state index in [1.54, 1.807) is 6.20 Å². The zero-order valence-electron chi connectivity index (χ0n) is 9.53. The third-order valence-electron chi connectivity index (χ3n) is 2.30. The van der Waals surface area contributed by atoms with E-state index in [1.165, 1.54) is 0 Å². The molecular formula is C11H18N2O2. The number of carbonyl (C=O) groups is 1. The van der Waals surface area contributed by atoms with Gasteiger partial charge in [0.25, 0.3) is 0 Å². The molecule has 0 aliphatic carbocycles. The van der Waals surface area contributed by atoms with Crippen LogP contribution in [0, 0.1) is 0 Å². The molecular weight excluding hydrogens is 192 g/mol. The Morgan fingerprint density at radius 3 is 2.73 bits per heavy atom. The summed E-state index contributed by atoms with van der Waals surface area (Å²) in [6.45, 7) is 6.19. The molecule has 0 aliphatic heterocycles. The van der Waals surface area contributed by atoms with E-state index in [2.05, 4.69) is 25.9 Å². The number of hydrogen-bond acceptors (Lipinski definition) is 2. The number of nitrogens with zero attached hydrogens (tertiary/aromatic N) is 2. The van der Waals surface area contributed by atoms with E-state index >= 15 is 0 Å². The molecule has 4 heteroatoms. The molecule has 0 bridgehead atoms. The van der Waals surface area contributed by atoms with Crippen LogP contribution >= 0.6 is 0 Å². The summed E-state index contributed by atoms with van der Waals surface area (Å²) in [5.41, 5.74) is 1.91. The topological polar surface area (TPSA) is 55.1 Å². The van der Waals surface area contributed by atoms with Crippen molar-refractivity contribution in [1.29, 1.82) is 0 Å². The number of aliphatic carboxylic acids is 1. The highest BCUT2D eigenvalue weighted by Gasteiger charge is 2.14. The number of carboxylic acid groups (broad SMARTS) is 1. The van der Waals surface area contributed by atoms with Gasteiger partial charge in [0, 0.05) is 17.3 Å². The molecule has 1 aromatic heterocycles. The third-order valence-corrected chi connectivity index (χ3v) is 2.30. The summed E-state index contributed by atoms with van der Waals surface area (Å²) in [4.78, 5) is 10.7. The van der Waals surface area contributed by atoms with Crippen molar-refractivity contribution in [2.75, 3.05) is 0 Å². The Labute approximate surface area is 89.9 Å². The second-order valence-corrected chi connectivity index (χ2v) is 3.98. The van der Waals surface area contributed by atoms with Crippen LogP contribution in [0.2, 0.25) is 0 Å². The van der Waals surface area contributed by atoms with Gasteiger partial charge >= 0.3 is 5.97 Å². The quantitative estimate of drug-likeness (QED) is 0.809. The first-order chi connectivity index (χ1) is 7.06. The maximum absolute atomic E-state index is 10.7. The van der Waals surface area contributed by atoms with Crippen molar-refractivity contribution in [1.82, 2.24) is 9.78 Å². The van der Waals surface area contributed by atoms with Crippen molar-refractivity contribution in [3.8, 4) is 0 Å². The van der Waals surface area contributed by atoms with Crippen molar-refractivity contribution < 1.29 is 9.90 Å². The molecule has 4 nitrogen and oxygen atoms in total. The molecule has 1 heterocycles.